The van der Waals surface area contributed by atoms with Gasteiger partial charge in [-0.25, -0.2) is 4.98 Å². The van der Waals surface area contributed by atoms with Gasteiger partial charge < -0.3 is 0 Å². The highest BCUT2D eigenvalue weighted by molar-refractivity contribution is 6.02. The van der Waals surface area contributed by atoms with Gasteiger partial charge in [0.15, 0.2) is 0 Å². The second-order valence-electron chi connectivity index (χ2n) is 5.76. The van der Waals surface area contributed by atoms with Gasteiger partial charge in [-0.1, -0.05) is 54.6 Å². The van der Waals surface area contributed by atoms with E-state index < -0.39 is 0 Å². The predicted molar refractivity (Wildman–Crippen MR) is 102 cm³/mol. The Balaban J connectivity index is 1.61. The summed E-state index contributed by atoms with van der Waals surface area (Å²) in [7, 11) is 0. The lowest BCUT2D eigenvalue weighted by atomic mass is 10.0. The maximum atomic E-state index is 4.57. The highest BCUT2D eigenvalue weighted by atomic mass is 15.3. The van der Waals surface area contributed by atoms with Gasteiger partial charge in [0.25, 0.3) is 0 Å². The Morgan fingerprint density at radius 3 is 2.38 bits per heavy atom. The van der Waals surface area contributed by atoms with Crippen LogP contribution in [0.3, 0.4) is 0 Å². The van der Waals surface area contributed by atoms with E-state index in [1.165, 1.54) is 10.8 Å². The maximum Gasteiger partial charge on any atom is 0.146 e. The molecule has 116 valence electrons. The Bertz CT molecular complexity index is 1050. The molecule has 24 heavy (non-hydrogen) atoms. The monoisotopic (exact) mass is 311 g/mol. The Labute approximate surface area is 140 Å². The largest absolute Gasteiger partial charge is 0.261 e. The van der Waals surface area contributed by atoms with Gasteiger partial charge in [0.05, 0.1) is 11.2 Å². The molecule has 0 unspecified atom stereocenters. The zero-order chi connectivity index (χ0) is 16.4. The van der Waals surface area contributed by atoms with Crippen LogP contribution >= 0.6 is 0 Å². The molecule has 0 fully saturated rings. The Hall–Kier alpha value is -3.20. The molecule has 0 bridgehead atoms. The maximum absolute atomic E-state index is 4.57. The lowest BCUT2D eigenvalue weighted by Gasteiger charge is -2.06. The minimum atomic E-state index is 0.744. The van der Waals surface area contributed by atoms with Crippen molar-refractivity contribution in [1.29, 1.82) is 0 Å². The molecule has 1 heterocycles. The van der Waals surface area contributed by atoms with Crippen LogP contribution in [0.5, 0.6) is 0 Å². The zero-order valence-electron chi connectivity index (χ0n) is 13.4. The summed E-state index contributed by atoms with van der Waals surface area (Å²) in [5.41, 5.74) is 6.04. The van der Waals surface area contributed by atoms with Gasteiger partial charge >= 0.3 is 0 Å². The van der Waals surface area contributed by atoms with Gasteiger partial charge in [0.2, 0.25) is 0 Å². The van der Waals surface area contributed by atoms with Gasteiger partial charge in [0, 0.05) is 5.39 Å². The SMILES string of the molecule is C/C(=N/Nc1ccc2ccccc2n1)c1ccc2ccccc2c1. The van der Waals surface area contributed by atoms with Crippen molar-refractivity contribution in [3.05, 3.63) is 84.4 Å². The number of hydrogen-bond acceptors (Lipinski definition) is 3. The van der Waals surface area contributed by atoms with Crippen molar-refractivity contribution in [2.24, 2.45) is 5.10 Å². The van der Waals surface area contributed by atoms with Gasteiger partial charge in [-0.2, -0.15) is 5.10 Å². The molecule has 1 N–H and O–H groups in total. The van der Waals surface area contributed by atoms with Crippen LogP contribution < -0.4 is 5.43 Å². The van der Waals surface area contributed by atoms with E-state index in [0.717, 1.165) is 28.0 Å². The number of pyridine rings is 1. The molecule has 4 aromatic rings. The Morgan fingerprint density at radius 2 is 1.50 bits per heavy atom. The summed E-state index contributed by atoms with van der Waals surface area (Å²) < 4.78 is 0. The quantitative estimate of drug-likeness (QED) is 0.416. The van der Waals surface area contributed by atoms with Crippen molar-refractivity contribution in [2.45, 2.75) is 6.92 Å². The summed E-state index contributed by atoms with van der Waals surface area (Å²) >= 11 is 0. The predicted octanol–water partition coefficient (Wildman–Crippen LogP) is 5.22. The van der Waals surface area contributed by atoms with E-state index >= 15 is 0 Å². The van der Waals surface area contributed by atoms with E-state index in [9.17, 15) is 0 Å². The summed E-state index contributed by atoms with van der Waals surface area (Å²) in [6.07, 6.45) is 0. The van der Waals surface area contributed by atoms with Crippen LogP contribution in [0, 0.1) is 0 Å². The van der Waals surface area contributed by atoms with E-state index in [1.807, 2.05) is 37.3 Å². The number of hydrogen-bond donors (Lipinski definition) is 1. The summed E-state index contributed by atoms with van der Waals surface area (Å²) in [5, 5.41) is 8.06. The number of hydrazone groups is 1. The molecule has 4 rings (SSSR count). The summed E-state index contributed by atoms with van der Waals surface area (Å²) in [5.74, 6) is 0.744. The number of anilines is 1. The number of rotatable bonds is 3. The first-order valence-corrected chi connectivity index (χ1v) is 7.95. The molecular weight excluding hydrogens is 294 g/mol. The van der Waals surface area contributed by atoms with E-state index in [0.29, 0.717) is 0 Å². The van der Waals surface area contributed by atoms with Crippen LogP contribution in [0.4, 0.5) is 5.82 Å². The third kappa shape index (κ3) is 2.84. The van der Waals surface area contributed by atoms with E-state index in [4.69, 9.17) is 0 Å². The van der Waals surface area contributed by atoms with Crippen molar-refractivity contribution >= 4 is 33.2 Å². The highest BCUT2D eigenvalue weighted by Crippen LogP contribution is 2.17. The fraction of sp³-hybridized carbons (Fsp3) is 0.0476. The van der Waals surface area contributed by atoms with Crippen molar-refractivity contribution in [1.82, 2.24) is 4.98 Å². The topological polar surface area (TPSA) is 37.3 Å². The number of para-hydroxylation sites is 1. The average molecular weight is 311 g/mol. The van der Waals surface area contributed by atoms with Crippen molar-refractivity contribution in [3.63, 3.8) is 0 Å². The van der Waals surface area contributed by atoms with Crippen molar-refractivity contribution in [2.75, 3.05) is 5.43 Å². The molecule has 0 atom stereocenters. The molecule has 0 radical (unpaired) electrons. The molecule has 0 aliphatic rings. The fourth-order valence-electron chi connectivity index (χ4n) is 2.75. The number of benzene rings is 3. The zero-order valence-corrected chi connectivity index (χ0v) is 13.4. The smallest absolute Gasteiger partial charge is 0.146 e. The van der Waals surface area contributed by atoms with E-state index in [2.05, 4.69) is 64.0 Å². The number of nitrogens with zero attached hydrogens (tertiary/aromatic N) is 2. The van der Waals surface area contributed by atoms with Crippen LogP contribution in [-0.4, -0.2) is 10.7 Å². The van der Waals surface area contributed by atoms with Crippen LogP contribution in [0.15, 0.2) is 84.0 Å². The summed E-state index contributed by atoms with van der Waals surface area (Å²) in [6.45, 7) is 2.00. The van der Waals surface area contributed by atoms with Crippen molar-refractivity contribution < 1.29 is 0 Å². The summed E-state index contributed by atoms with van der Waals surface area (Å²) in [6, 6.07) is 26.8. The second kappa shape index (κ2) is 6.13. The van der Waals surface area contributed by atoms with Gasteiger partial charge in [0.1, 0.15) is 5.82 Å². The number of nitrogens with one attached hydrogen (secondary N) is 1. The molecule has 1 aromatic heterocycles. The van der Waals surface area contributed by atoms with Crippen LogP contribution in [0.25, 0.3) is 21.7 Å². The minimum absolute atomic E-state index is 0.744. The molecule has 0 spiro atoms. The van der Waals surface area contributed by atoms with Gasteiger partial charge in [-0.3, -0.25) is 5.43 Å². The first kappa shape index (κ1) is 14.4. The molecule has 3 heteroatoms. The highest BCUT2D eigenvalue weighted by Gasteiger charge is 2.01. The molecule has 3 nitrogen and oxygen atoms in total. The van der Waals surface area contributed by atoms with E-state index in [-0.39, 0.29) is 0 Å². The third-order valence-electron chi connectivity index (χ3n) is 4.10. The number of fused-ring (bicyclic) bond motifs is 2. The normalized spacial score (nSPS) is 11.8. The molecule has 0 aliphatic carbocycles. The average Bonchev–Trinajstić information content (AvgIpc) is 2.65. The molecular formula is C21H17N3. The lowest BCUT2D eigenvalue weighted by Crippen LogP contribution is -2.00. The van der Waals surface area contributed by atoms with E-state index in [1.54, 1.807) is 0 Å². The van der Waals surface area contributed by atoms with Crippen molar-refractivity contribution in [3.8, 4) is 0 Å². The summed E-state index contributed by atoms with van der Waals surface area (Å²) in [4.78, 5) is 4.57. The Morgan fingerprint density at radius 1 is 0.792 bits per heavy atom. The molecule has 3 aromatic carbocycles. The van der Waals surface area contributed by atoms with Gasteiger partial charge in [-0.05, 0) is 47.5 Å². The molecule has 0 saturated heterocycles. The molecule has 0 amide bonds. The fourth-order valence-corrected chi connectivity index (χ4v) is 2.75. The van der Waals surface area contributed by atoms with Crippen LogP contribution in [0.2, 0.25) is 0 Å². The Kier molecular flexibility index (Phi) is 3.67. The first-order chi connectivity index (χ1) is 11.8. The van der Waals surface area contributed by atoms with Gasteiger partial charge in [-0.15, -0.1) is 0 Å². The third-order valence-corrected chi connectivity index (χ3v) is 4.10. The lowest BCUT2D eigenvalue weighted by molar-refractivity contribution is 1.25. The minimum Gasteiger partial charge on any atom is -0.261 e. The number of aromatic nitrogens is 1. The molecule has 0 aliphatic heterocycles. The second-order valence-corrected chi connectivity index (χ2v) is 5.76. The van der Waals surface area contributed by atoms with Crippen LogP contribution in [-0.2, 0) is 0 Å². The van der Waals surface area contributed by atoms with Crippen LogP contribution in [0.1, 0.15) is 12.5 Å². The standard InChI is InChI=1S/C21H17N3/c1-15(18-11-10-16-6-2-3-8-19(16)14-18)23-24-21-13-12-17-7-4-5-9-20(17)22-21/h2-14H,1H3,(H,22,24)/b23-15-. The first-order valence-electron chi connectivity index (χ1n) is 7.95. The molecule has 0 saturated carbocycles.